The van der Waals surface area contributed by atoms with E-state index in [9.17, 15) is 4.79 Å². The van der Waals surface area contributed by atoms with Crippen LogP contribution in [0, 0.1) is 6.92 Å². The van der Waals surface area contributed by atoms with E-state index < -0.39 is 0 Å². The van der Waals surface area contributed by atoms with Crippen LogP contribution in [0.25, 0.3) is 23.1 Å². The fraction of sp³-hybridized carbons (Fsp3) is 0.0667. The first kappa shape index (κ1) is 11.9. The number of nitrogens with one attached hydrogen (secondary N) is 1. The molecule has 0 amide bonds. The predicted octanol–water partition coefficient (Wildman–Crippen LogP) is 3.46. The van der Waals surface area contributed by atoms with Crippen LogP contribution in [0.15, 0.2) is 41.2 Å². The topological polar surface area (TPSA) is 45.8 Å². The van der Waals surface area contributed by atoms with Crippen LogP contribution >= 0.6 is 11.3 Å². The van der Waals surface area contributed by atoms with E-state index in [2.05, 4.69) is 29.0 Å². The van der Waals surface area contributed by atoms with E-state index in [1.165, 1.54) is 4.88 Å². The molecule has 0 spiro atoms. The SMILES string of the molecule is Cc1ccc(/C=C/c2nc3ccccc3c(=O)[nH]2)s1. The summed E-state index contributed by atoms with van der Waals surface area (Å²) in [6, 6.07) is 11.5. The molecule has 0 bridgehead atoms. The summed E-state index contributed by atoms with van der Waals surface area (Å²) >= 11 is 1.71. The van der Waals surface area contributed by atoms with E-state index in [1.54, 1.807) is 17.4 Å². The van der Waals surface area contributed by atoms with Gasteiger partial charge in [0.05, 0.1) is 10.9 Å². The van der Waals surface area contributed by atoms with Crippen LogP contribution in [0.5, 0.6) is 0 Å². The van der Waals surface area contributed by atoms with Crippen molar-refractivity contribution in [2.75, 3.05) is 0 Å². The Labute approximate surface area is 114 Å². The highest BCUT2D eigenvalue weighted by Crippen LogP contribution is 2.17. The largest absolute Gasteiger partial charge is 0.306 e. The van der Waals surface area contributed by atoms with E-state index in [1.807, 2.05) is 30.4 Å². The number of thiophene rings is 1. The lowest BCUT2D eigenvalue weighted by atomic mass is 10.2. The Kier molecular flexibility index (Phi) is 3.01. The molecule has 94 valence electrons. The second-order valence-corrected chi connectivity index (χ2v) is 5.57. The molecule has 4 heteroatoms. The van der Waals surface area contributed by atoms with Gasteiger partial charge in [0.15, 0.2) is 0 Å². The van der Waals surface area contributed by atoms with Gasteiger partial charge in [-0.05, 0) is 43.3 Å². The van der Waals surface area contributed by atoms with Gasteiger partial charge in [0, 0.05) is 9.75 Å². The maximum Gasteiger partial charge on any atom is 0.259 e. The number of H-pyrrole nitrogens is 1. The van der Waals surface area contributed by atoms with Crippen LogP contribution in [0.4, 0.5) is 0 Å². The zero-order valence-corrected chi connectivity index (χ0v) is 11.2. The molecule has 0 fully saturated rings. The van der Waals surface area contributed by atoms with Gasteiger partial charge in [0.2, 0.25) is 0 Å². The van der Waals surface area contributed by atoms with Crippen molar-refractivity contribution in [2.24, 2.45) is 0 Å². The average Bonchev–Trinajstić information content (AvgIpc) is 2.82. The van der Waals surface area contributed by atoms with Gasteiger partial charge >= 0.3 is 0 Å². The minimum Gasteiger partial charge on any atom is -0.306 e. The Morgan fingerprint density at radius 1 is 1.16 bits per heavy atom. The second kappa shape index (κ2) is 4.82. The number of hydrogen-bond donors (Lipinski definition) is 1. The van der Waals surface area contributed by atoms with Crippen molar-refractivity contribution in [3.05, 3.63) is 62.3 Å². The fourth-order valence-electron chi connectivity index (χ4n) is 1.89. The number of nitrogens with zero attached hydrogens (tertiary/aromatic N) is 1. The van der Waals surface area contributed by atoms with E-state index in [0.29, 0.717) is 16.7 Å². The van der Waals surface area contributed by atoms with Crippen LogP contribution in [0.1, 0.15) is 15.6 Å². The maximum absolute atomic E-state index is 11.9. The van der Waals surface area contributed by atoms with Gasteiger partial charge in [0.1, 0.15) is 5.82 Å². The summed E-state index contributed by atoms with van der Waals surface area (Å²) in [4.78, 5) is 21.5. The third-order valence-corrected chi connectivity index (χ3v) is 3.76. The first-order valence-corrected chi connectivity index (χ1v) is 6.77. The van der Waals surface area contributed by atoms with E-state index in [4.69, 9.17) is 0 Å². The van der Waals surface area contributed by atoms with Gasteiger partial charge < -0.3 is 4.98 Å². The lowest BCUT2D eigenvalue weighted by molar-refractivity contribution is 1.14. The Morgan fingerprint density at radius 3 is 2.79 bits per heavy atom. The third kappa shape index (κ3) is 2.48. The lowest BCUT2D eigenvalue weighted by Gasteiger charge is -1.97. The number of rotatable bonds is 2. The predicted molar refractivity (Wildman–Crippen MR) is 80.3 cm³/mol. The molecular formula is C15H12N2OS. The molecule has 0 saturated carbocycles. The number of aromatic amines is 1. The van der Waals surface area contributed by atoms with Crippen molar-refractivity contribution in [1.29, 1.82) is 0 Å². The quantitative estimate of drug-likeness (QED) is 0.773. The molecular weight excluding hydrogens is 256 g/mol. The minimum absolute atomic E-state index is 0.104. The minimum atomic E-state index is -0.104. The van der Waals surface area contributed by atoms with Gasteiger partial charge in [-0.25, -0.2) is 4.98 Å². The molecule has 0 saturated heterocycles. The summed E-state index contributed by atoms with van der Waals surface area (Å²) in [6.07, 6.45) is 3.80. The summed E-state index contributed by atoms with van der Waals surface area (Å²) < 4.78 is 0. The van der Waals surface area contributed by atoms with E-state index >= 15 is 0 Å². The molecule has 0 unspecified atom stereocenters. The highest BCUT2D eigenvalue weighted by Gasteiger charge is 2.00. The molecule has 0 radical (unpaired) electrons. The zero-order chi connectivity index (χ0) is 13.2. The van der Waals surface area contributed by atoms with Crippen molar-refractivity contribution in [2.45, 2.75) is 6.92 Å². The van der Waals surface area contributed by atoms with Crippen LogP contribution in [-0.4, -0.2) is 9.97 Å². The normalized spacial score (nSPS) is 11.4. The average molecular weight is 268 g/mol. The van der Waals surface area contributed by atoms with Crippen molar-refractivity contribution in [1.82, 2.24) is 9.97 Å². The molecule has 1 aromatic carbocycles. The van der Waals surface area contributed by atoms with Crippen LogP contribution < -0.4 is 5.56 Å². The summed E-state index contributed by atoms with van der Waals surface area (Å²) in [7, 11) is 0. The van der Waals surface area contributed by atoms with E-state index in [0.717, 1.165) is 4.88 Å². The van der Waals surface area contributed by atoms with Crippen LogP contribution in [0.2, 0.25) is 0 Å². The fourth-order valence-corrected chi connectivity index (χ4v) is 2.67. The van der Waals surface area contributed by atoms with Crippen LogP contribution in [0.3, 0.4) is 0 Å². The van der Waals surface area contributed by atoms with Gasteiger partial charge in [-0.1, -0.05) is 12.1 Å². The molecule has 3 rings (SSSR count). The number of hydrogen-bond acceptors (Lipinski definition) is 3. The summed E-state index contributed by atoms with van der Waals surface area (Å²) in [5.41, 5.74) is 0.612. The first-order valence-electron chi connectivity index (χ1n) is 5.96. The molecule has 0 aliphatic heterocycles. The number of fused-ring (bicyclic) bond motifs is 1. The molecule has 0 aliphatic carbocycles. The van der Waals surface area contributed by atoms with Crippen molar-refractivity contribution in [3.63, 3.8) is 0 Å². The maximum atomic E-state index is 11.9. The monoisotopic (exact) mass is 268 g/mol. The Bertz CT molecular complexity index is 814. The standard InChI is InChI=1S/C15H12N2OS/c1-10-6-7-11(19-10)8-9-14-16-13-5-3-2-4-12(13)15(18)17-14/h2-9H,1H3,(H,16,17,18)/b9-8+. The van der Waals surface area contributed by atoms with Gasteiger partial charge in [-0.3, -0.25) is 4.79 Å². The molecule has 19 heavy (non-hydrogen) atoms. The number of para-hydroxylation sites is 1. The summed E-state index contributed by atoms with van der Waals surface area (Å²) in [5.74, 6) is 0.578. The molecule has 2 heterocycles. The highest BCUT2D eigenvalue weighted by molar-refractivity contribution is 7.12. The lowest BCUT2D eigenvalue weighted by Crippen LogP contribution is -2.09. The van der Waals surface area contributed by atoms with E-state index in [-0.39, 0.29) is 5.56 Å². The van der Waals surface area contributed by atoms with Crippen molar-refractivity contribution < 1.29 is 0 Å². The Morgan fingerprint density at radius 2 is 2.00 bits per heavy atom. The Hall–Kier alpha value is -2.20. The van der Waals surface area contributed by atoms with Gasteiger partial charge in [-0.2, -0.15) is 0 Å². The third-order valence-electron chi connectivity index (χ3n) is 2.80. The highest BCUT2D eigenvalue weighted by atomic mass is 32.1. The van der Waals surface area contributed by atoms with Gasteiger partial charge in [-0.15, -0.1) is 11.3 Å². The summed E-state index contributed by atoms with van der Waals surface area (Å²) in [6.45, 7) is 2.07. The summed E-state index contributed by atoms with van der Waals surface area (Å²) in [5, 5.41) is 0.617. The van der Waals surface area contributed by atoms with Gasteiger partial charge in [0.25, 0.3) is 5.56 Å². The molecule has 3 aromatic rings. The van der Waals surface area contributed by atoms with Crippen LogP contribution in [-0.2, 0) is 0 Å². The number of aryl methyl sites for hydroxylation is 1. The second-order valence-electron chi connectivity index (χ2n) is 4.25. The number of benzene rings is 1. The molecule has 3 nitrogen and oxygen atoms in total. The molecule has 1 N–H and O–H groups in total. The number of aromatic nitrogens is 2. The Balaban J connectivity index is 2.02. The van der Waals surface area contributed by atoms with Crippen molar-refractivity contribution >= 4 is 34.4 Å². The molecule has 0 aliphatic rings. The smallest absolute Gasteiger partial charge is 0.259 e. The zero-order valence-electron chi connectivity index (χ0n) is 10.4. The first-order chi connectivity index (χ1) is 9.22. The molecule has 2 aromatic heterocycles. The molecule has 0 atom stereocenters. The van der Waals surface area contributed by atoms with Crippen molar-refractivity contribution in [3.8, 4) is 0 Å².